The molecule has 1 aliphatic rings. The number of fused-ring (bicyclic) bond motifs is 3. The van der Waals surface area contributed by atoms with E-state index in [1.54, 1.807) is 11.3 Å². The average molecular weight is 374 g/mol. The van der Waals surface area contributed by atoms with Gasteiger partial charge in [0.25, 0.3) is 0 Å². The second kappa shape index (κ2) is 6.39. The summed E-state index contributed by atoms with van der Waals surface area (Å²) in [6.45, 7) is 2.09. The van der Waals surface area contributed by atoms with Gasteiger partial charge >= 0.3 is 0 Å². The van der Waals surface area contributed by atoms with Crippen LogP contribution in [0.3, 0.4) is 0 Å². The van der Waals surface area contributed by atoms with E-state index in [1.165, 1.54) is 4.88 Å². The zero-order valence-corrected chi connectivity index (χ0v) is 15.7. The van der Waals surface area contributed by atoms with Crippen molar-refractivity contribution in [1.29, 1.82) is 0 Å². The highest BCUT2D eigenvalue weighted by molar-refractivity contribution is 7.10. The van der Waals surface area contributed by atoms with Crippen molar-refractivity contribution in [2.75, 3.05) is 0 Å². The van der Waals surface area contributed by atoms with Crippen molar-refractivity contribution in [2.45, 2.75) is 32.1 Å². The first-order valence-corrected chi connectivity index (χ1v) is 10.0. The molecule has 0 bridgehead atoms. The van der Waals surface area contributed by atoms with Gasteiger partial charge in [0.1, 0.15) is 0 Å². The fraction of sp³-hybridized carbons (Fsp3) is 0.238. The first-order valence-electron chi connectivity index (χ1n) is 9.15. The highest BCUT2D eigenvalue weighted by atomic mass is 32.1. The van der Waals surface area contributed by atoms with Crippen LogP contribution in [0.15, 0.2) is 47.8 Å². The van der Waals surface area contributed by atoms with Crippen LogP contribution in [0.4, 0.5) is 0 Å². The maximum atomic E-state index is 12.7. The van der Waals surface area contributed by atoms with Crippen molar-refractivity contribution >= 4 is 22.8 Å². The van der Waals surface area contributed by atoms with E-state index in [4.69, 9.17) is 5.10 Å². The van der Waals surface area contributed by atoms with Gasteiger partial charge in [0.2, 0.25) is 0 Å². The molecule has 5 rings (SSSR count). The van der Waals surface area contributed by atoms with Crippen LogP contribution in [0.5, 0.6) is 0 Å². The smallest absolute Gasteiger partial charge is 0.185 e. The van der Waals surface area contributed by atoms with Crippen LogP contribution in [-0.2, 0) is 12.8 Å². The van der Waals surface area contributed by atoms with Gasteiger partial charge in [-0.3, -0.25) is 4.79 Å². The minimum absolute atomic E-state index is 0.0545. The van der Waals surface area contributed by atoms with Crippen LogP contribution in [0.2, 0.25) is 0 Å². The summed E-state index contributed by atoms with van der Waals surface area (Å²) in [7, 11) is 0. The third kappa shape index (κ3) is 2.59. The number of aromatic nitrogens is 4. The zero-order valence-electron chi connectivity index (χ0n) is 14.9. The highest BCUT2D eigenvalue weighted by Gasteiger charge is 2.32. The number of nitrogens with zero attached hydrogens (tertiary/aromatic N) is 4. The Morgan fingerprint density at radius 3 is 2.70 bits per heavy atom. The third-order valence-corrected chi connectivity index (χ3v) is 6.22. The summed E-state index contributed by atoms with van der Waals surface area (Å²) in [6.07, 6.45) is 2.04. The van der Waals surface area contributed by atoms with Crippen LogP contribution in [0, 0.1) is 0 Å². The molecule has 5 nitrogen and oxygen atoms in total. The van der Waals surface area contributed by atoms with Crippen LogP contribution in [0.1, 0.15) is 46.0 Å². The molecule has 0 saturated heterocycles. The normalized spacial score (nSPS) is 16.6. The maximum absolute atomic E-state index is 12.7. The molecular weight excluding hydrogens is 356 g/mol. The fourth-order valence-electron chi connectivity index (χ4n) is 3.89. The summed E-state index contributed by atoms with van der Waals surface area (Å²) >= 11 is 1.70. The fourth-order valence-corrected chi connectivity index (χ4v) is 4.72. The van der Waals surface area contributed by atoms with Gasteiger partial charge in [-0.05, 0) is 23.4 Å². The van der Waals surface area contributed by atoms with Gasteiger partial charge in [-0.15, -0.1) is 21.5 Å². The summed E-state index contributed by atoms with van der Waals surface area (Å²) in [4.78, 5) is 14.0. The SMILES string of the molecule is CCc1nn2c3c(nnc2c1-c1ccccc1)C(=O)C[C@H](c1cccs1)C3. The first kappa shape index (κ1) is 16.3. The summed E-state index contributed by atoms with van der Waals surface area (Å²) in [5, 5.41) is 15.6. The summed E-state index contributed by atoms with van der Waals surface area (Å²) in [5.41, 5.74) is 5.16. The number of carbonyl (C=O) groups excluding carboxylic acids is 1. The molecule has 3 aromatic heterocycles. The van der Waals surface area contributed by atoms with E-state index in [0.717, 1.165) is 41.0 Å². The van der Waals surface area contributed by atoms with Gasteiger partial charge in [-0.1, -0.05) is 43.3 Å². The summed E-state index contributed by atoms with van der Waals surface area (Å²) in [5.74, 6) is 0.241. The molecular formula is C21H18N4OS. The Balaban J connectivity index is 1.72. The Morgan fingerprint density at radius 2 is 1.96 bits per heavy atom. The Kier molecular flexibility index (Phi) is 3.86. The first-order chi connectivity index (χ1) is 13.3. The highest BCUT2D eigenvalue weighted by Crippen LogP contribution is 2.36. The molecule has 6 heteroatoms. The molecule has 134 valence electrons. The van der Waals surface area contributed by atoms with E-state index in [9.17, 15) is 4.79 Å². The monoisotopic (exact) mass is 374 g/mol. The van der Waals surface area contributed by atoms with E-state index in [0.29, 0.717) is 12.1 Å². The lowest BCUT2D eigenvalue weighted by molar-refractivity contribution is 0.0956. The Morgan fingerprint density at radius 1 is 1.11 bits per heavy atom. The molecule has 0 saturated carbocycles. The lowest BCUT2D eigenvalue weighted by Crippen LogP contribution is -2.23. The third-order valence-electron chi connectivity index (χ3n) is 5.19. The number of benzene rings is 1. The minimum Gasteiger partial charge on any atom is -0.292 e. The van der Waals surface area contributed by atoms with E-state index in [1.807, 2.05) is 28.8 Å². The minimum atomic E-state index is 0.0545. The number of hydrogen-bond donors (Lipinski definition) is 0. The molecule has 0 N–H and O–H groups in total. The van der Waals surface area contributed by atoms with Gasteiger partial charge in [0.15, 0.2) is 17.1 Å². The lowest BCUT2D eigenvalue weighted by atomic mass is 9.87. The predicted molar refractivity (Wildman–Crippen MR) is 105 cm³/mol. The predicted octanol–water partition coefficient (Wildman–Crippen LogP) is 4.33. The molecule has 0 spiro atoms. The molecule has 0 radical (unpaired) electrons. The average Bonchev–Trinajstić information content (AvgIpc) is 3.36. The Bertz CT molecular complexity index is 1130. The van der Waals surface area contributed by atoms with Gasteiger partial charge in [-0.25, -0.2) is 4.52 Å². The number of aryl methyl sites for hydroxylation is 1. The van der Waals surface area contributed by atoms with E-state index >= 15 is 0 Å². The molecule has 0 aliphatic heterocycles. The molecule has 0 unspecified atom stereocenters. The van der Waals surface area contributed by atoms with Crippen LogP contribution < -0.4 is 0 Å². The number of Topliss-reactive ketones (excluding diaryl/α,β-unsaturated/α-hetero) is 1. The molecule has 0 amide bonds. The van der Waals surface area contributed by atoms with Gasteiger partial charge < -0.3 is 0 Å². The van der Waals surface area contributed by atoms with Crippen LogP contribution >= 0.6 is 11.3 Å². The number of ketones is 1. The van der Waals surface area contributed by atoms with Crippen molar-refractivity contribution in [2.24, 2.45) is 0 Å². The molecule has 4 aromatic rings. The summed E-state index contributed by atoms with van der Waals surface area (Å²) in [6, 6.07) is 14.3. The van der Waals surface area contributed by atoms with Crippen molar-refractivity contribution < 1.29 is 4.79 Å². The van der Waals surface area contributed by atoms with Crippen LogP contribution in [-0.4, -0.2) is 25.6 Å². The van der Waals surface area contributed by atoms with Gasteiger partial charge in [0.05, 0.1) is 17.0 Å². The molecule has 1 atom stereocenters. The molecule has 1 aromatic carbocycles. The number of rotatable bonds is 3. The zero-order chi connectivity index (χ0) is 18.4. The van der Waals surface area contributed by atoms with Gasteiger partial charge in [0, 0.05) is 23.6 Å². The quantitative estimate of drug-likeness (QED) is 0.536. The topological polar surface area (TPSA) is 60.1 Å². The number of thiophene rings is 1. The largest absolute Gasteiger partial charge is 0.292 e. The number of hydrogen-bond acceptors (Lipinski definition) is 5. The standard InChI is InChI=1S/C21H18N4OS/c1-2-15-19(13-7-4-3-5-8-13)21-23-22-20-16(25(21)24-15)11-14(12-17(20)26)18-9-6-10-27-18/h3-10,14H,2,11-12H2,1H3/t14-/m1/s1. The van der Waals surface area contributed by atoms with E-state index in [2.05, 4.69) is 40.7 Å². The maximum Gasteiger partial charge on any atom is 0.185 e. The molecule has 0 fully saturated rings. The molecule has 3 heterocycles. The summed E-state index contributed by atoms with van der Waals surface area (Å²) < 4.78 is 1.86. The van der Waals surface area contributed by atoms with E-state index < -0.39 is 0 Å². The lowest BCUT2D eigenvalue weighted by Gasteiger charge is -2.21. The number of carbonyl (C=O) groups is 1. The molecule has 1 aliphatic carbocycles. The van der Waals surface area contributed by atoms with Crippen molar-refractivity contribution in [3.63, 3.8) is 0 Å². The van der Waals surface area contributed by atoms with Crippen molar-refractivity contribution in [3.8, 4) is 11.1 Å². The van der Waals surface area contributed by atoms with Gasteiger partial charge in [-0.2, -0.15) is 5.10 Å². The second-order valence-corrected chi connectivity index (χ2v) is 7.80. The molecule has 27 heavy (non-hydrogen) atoms. The van der Waals surface area contributed by atoms with Crippen molar-refractivity contribution in [3.05, 3.63) is 69.8 Å². The van der Waals surface area contributed by atoms with E-state index in [-0.39, 0.29) is 11.7 Å². The van der Waals surface area contributed by atoms with Crippen molar-refractivity contribution in [1.82, 2.24) is 19.8 Å². The second-order valence-electron chi connectivity index (χ2n) is 6.82. The Hall–Kier alpha value is -2.86. The Labute approximate surface area is 160 Å². The van der Waals surface area contributed by atoms with Crippen LogP contribution in [0.25, 0.3) is 16.8 Å².